The Labute approximate surface area is 278 Å². The highest BCUT2D eigenvalue weighted by molar-refractivity contribution is 4.90. The van der Waals surface area contributed by atoms with E-state index in [-0.39, 0.29) is 0 Å². The summed E-state index contributed by atoms with van der Waals surface area (Å²) in [4.78, 5) is 3.74. The second kappa shape index (κ2) is 32.2. The third kappa shape index (κ3) is 23.5. The topological polar surface area (TPSA) is 19.7 Å². The number of nitrogens with one attached hydrogen (secondary N) is 1. The SMILES string of the molecule is CCCCCCCCCCCCCCCCCC(CCCCCCCCCCCCCC)c1[nH]cc[n+]1C(C)CCCCC. The molecule has 44 heavy (non-hydrogen) atoms. The van der Waals surface area contributed by atoms with Crippen molar-refractivity contribution in [1.82, 2.24) is 4.98 Å². The second-order valence-electron chi connectivity index (χ2n) is 14.7. The summed E-state index contributed by atoms with van der Waals surface area (Å²) >= 11 is 0. The Bertz CT molecular complexity index is 679. The van der Waals surface area contributed by atoms with E-state index in [1.807, 2.05) is 0 Å². The van der Waals surface area contributed by atoms with E-state index in [2.05, 4.69) is 49.6 Å². The number of hydrogen-bond acceptors (Lipinski definition) is 0. The van der Waals surface area contributed by atoms with Crippen LogP contribution in [0.25, 0.3) is 0 Å². The summed E-state index contributed by atoms with van der Waals surface area (Å²) in [5.74, 6) is 2.24. The van der Waals surface area contributed by atoms with E-state index < -0.39 is 0 Å². The predicted octanol–water partition coefficient (Wildman–Crippen LogP) is 14.9. The van der Waals surface area contributed by atoms with Gasteiger partial charge in [-0.05, 0) is 32.6 Å². The van der Waals surface area contributed by atoms with Gasteiger partial charge in [0.2, 0.25) is 0 Å². The minimum absolute atomic E-state index is 0.619. The van der Waals surface area contributed by atoms with Crippen molar-refractivity contribution < 1.29 is 4.57 Å². The lowest BCUT2D eigenvalue weighted by atomic mass is 9.92. The van der Waals surface area contributed by atoms with Crippen LogP contribution in [0.5, 0.6) is 0 Å². The summed E-state index contributed by atoms with van der Waals surface area (Å²) in [5, 5.41) is 0. The number of nitrogens with zero attached hydrogens (tertiary/aromatic N) is 1. The summed E-state index contributed by atoms with van der Waals surface area (Å²) in [7, 11) is 0. The van der Waals surface area contributed by atoms with Crippen molar-refractivity contribution in [2.75, 3.05) is 0 Å². The molecule has 1 rings (SSSR count). The minimum atomic E-state index is 0.619. The van der Waals surface area contributed by atoms with Crippen LogP contribution in [-0.2, 0) is 0 Å². The molecule has 2 atom stereocenters. The molecular formula is C42H83N2+. The van der Waals surface area contributed by atoms with E-state index in [0.717, 1.165) is 0 Å². The molecule has 0 radical (unpaired) electrons. The van der Waals surface area contributed by atoms with E-state index in [9.17, 15) is 0 Å². The Kier molecular flexibility index (Phi) is 30.1. The van der Waals surface area contributed by atoms with Crippen molar-refractivity contribution in [1.29, 1.82) is 0 Å². The van der Waals surface area contributed by atoms with Crippen molar-refractivity contribution in [3.05, 3.63) is 18.2 Å². The maximum Gasteiger partial charge on any atom is 0.257 e. The van der Waals surface area contributed by atoms with Gasteiger partial charge in [0.1, 0.15) is 12.4 Å². The fourth-order valence-electron chi connectivity index (χ4n) is 7.31. The summed E-state index contributed by atoms with van der Waals surface area (Å²) in [6, 6.07) is 0.619. The van der Waals surface area contributed by atoms with Crippen molar-refractivity contribution in [3.63, 3.8) is 0 Å². The monoisotopic (exact) mass is 616 g/mol. The smallest absolute Gasteiger partial charge is 0.247 e. The van der Waals surface area contributed by atoms with Gasteiger partial charge in [0.25, 0.3) is 5.82 Å². The minimum Gasteiger partial charge on any atom is -0.247 e. The third-order valence-corrected chi connectivity index (χ3v) is 10.4. The van der Waals surface area contributed by atoms with Gasteiger partial charge in [0.15, 0.2) is 0 Å². The quantitative estimate of drug-likeness (QED) is 0.0579. The number of H-pyrrole nitrogens is 1. The van der Waals surface area contributed by atoms with Crippen LogP contribution in [0, 0.1) is 0 Å². The second-order valence-corrected chi connectivity index (χ2v) is 14.7. The van der Waals surface area contributed by atoms with Gasteiger partial charge in [-0.25, -0.2) is 9.55 Å². The normalized spacial score (nSPS) is 13.1. The van der Waals surface area contributed by atoms with E-state index >= 15 is 0 Å². The third-order valence-electron chi connectivity index (χ3n) is 10.4. The largest absolute Gasteiger partial charge is 0.257 e. The van der Waals surface area contributed by atoms with Crippen LogP contribution in [0.15, 0.2) is 12.4 Å². The molecule has 0 amide bonds. The molecule has 1 aromatic heterocycles. The molecule has 0 aromatic carbocycles. The number of imidazole rings is 1. The van der Waals surface area contributed by atoms with Gasteiger partial charge in [-0.1, -0.05) is 207 Å². The molecule has 0 saturated carbocycles. The fourth-order valence-corrected chi connectivity index (χ4v) is 7.31. The molecular weight excluding hydrogens is 532 g/mol. The van der Waals surface area contributed by atoms with Gasteiger partial charge >= 0.3 is 0 Å². The Morgan fingerprint density at radius 3 is 1.09 bits per heavy atom. The lowest BCUT2D eigenvalue weighted by Gasteiger charge is -2.17. The van der Waals surface area contributed by atoms with Crippen molar-refractivity contribution in [3.8, 4) is 0 Å². The van der Waals surface area contributed by atoms with Crippen LogP contribution in [0.4, 0.5) is 0 Å². The van der Waals surface area contributed by atoms with Crippen molar-refractivity contribution in [2.45, 2.75) is 252 Å². The lowest BCUT2D eigenvalue weighted by molar-refractivity contribution is -0.727. The first-order valence-corrected chi connectivity index (χ1v) is 20.8. The first-order chi connectivity index (χ1) is 21.7. The molecule has 2 heteroatoms. The summed E-state index contributed by atoms with van der Waals surface area (Å²) < 4.78 is 2.62. The van der Waals surface area contributed by atoms with Crippen LogP contribution >= 0.6 is 0 Å². The number of aromatic amines is 1. The highest BCUT2D eigenvalue weighted by Gasteiger charge is 2.25. The van der Waals surface area contributed by atoms with Crippen LogP contribution < -0.4 is 4.57 Å². The van der Waals surface area contributed by atoms with E-state index in [4.69, 9.17) is 0 Å². The van der Waals surface area contributed by atoms with Gasteiger partial charge in [-0.2, -0.15) is 0 Å². The molecule has 0 bridgehead atoms. The van der Waals surface area contributed by atoms with Gasteiger partial charge < -0.3 is 0 Å². The number of hydrogen-bond donors (Lipinski definition) is 1. The van der Waals surface area contributed by atoms with E-state index in [0.29, 0.717) is 12.0 Å². The average molecular weight is 616 g/mol. The maximum absolute atomic E-state index is 3.74. The highest BCUT2D eigenvalue weighted by atomic mass is 15.1. The van der Waals surface area contributed by atoms with Crippen LogP contribution in [0.1, 0.15) is 257 Å². The molecule has 1 heterocycles. The van der Waals surface area contributed by atoms with Gasteiger partial charge in [0, 0.05) is 0 Å². The Morgan fingerprint density at radius 2 is 0.727 bits per heavy atom. The fraction of sp³-hybridized carbons (Fsp3) is 0.929. The summed E-state index contributed by atoms with van der Waals surface area (Å²) in [6.45, 7) is 9.39. The maximum atomic E-state index is 3.74. The lowest BCUT2D eigenvalue weighted by Crippen LogP contribution is -2.41. The highest BCUT2D eigenvalue weighted by Crippen LogP contribution is 2.27. The molecule has 0 aliphatic heterocycles. The average Bonchev–Trinajstić information content (AvgIpc) is 3.52. The molecule has 0 aliphatic rings. The molecule has 0 spiro atoms. The Morgan fingerprint density at radius 1 is 0.432 bits per heavy atom. The Hall–Kier alpha value is -0.790. The Balaban J connectivity index is 2.29. The summed E-state index contributed by atoms with van der Waals surface area (Å²) in [5.41, 5.74) is 0. The summed E-state index contributed by atoms with van der Waals surface area (Å²) in [6.07, 6.45) is 51.7. The van der Waals surface area contributed by atoms with Crippen LogP contribution in [0.3, 0.4) is 0 Å². The van der Waals surface area contributed by atoms with Crippen molar-refractivity contribution in [2.24, 2.45) is 0 Å². The zero-order valence-electron chi connectivity index (χ0n) is 31.1. The molecule has 2 nitrogen and oxygen atoms in total. The first kappa shape index (κ1) is 41.2. The molecule has 1 aromatic rings. The number of aromatic nitrogens is 2. The molecule has 0 fully saturated rings. The van der Waals surface area contributed by atoms with Gasteiger partial charge in [-0.15, -0.1) is 0 Å². The van der Waals surface area contributed by atoms with Crippen LogP contribution in [-0.4, -0.2) is 4.98 Å². The van der Waals surface area contributed by atoms with E-state index in [1.54, 1.807) is 0 Å². The standard InChI is InChI=1S/C42H82N2/c1-5-8-11-13-15-17-19-21-22-23-25-27-29-31-34-37-41(42-43-38-39-44(42)40(4)35-32-10-7-3)36-33-30-28-26-24-20-18-16-14-12-9-6-2/h38-41H,5-37H2,1-4H3/p+1. The first-order valence-electron chi connectivity index (χ1n) is 20.8. The molecule has 2 unspecified atom stereocenters. The molecule has 1 N–H and O–H groups in total. The van der Waals surface area contributed by atoms with Gasteiger partial charge in [-0.3, -0.25) is 0 Å². The molecule has 260 valence electrons. The van der Waals surface area contributed by atoms with Gasteiger partial charge in [0.05, 0.1) is 12.0 Å². The van der Waals surface area contributed by atoms with Crippen molar-refractivity contribution >= 4 is 0 Å². The van der Waals surface area contributed by atoms with Crippen LogP contribution in [0.2, 0.25) is 0 Å². The predicted molar refractivity (Wildman–Crippen MR) is 198 cm³/mol. The molecule has 0 aliphatic carbocycles. The van der Waals surface area contributed by atoms with E-state index in [1.165, 1.54) is 218 Å². The number of unbranched alkanes of at least 4 members (excludes halogenated alkanes) is 27. The zero-order valence-corrected chi connectivity index (χ0v) is 31.1. The zero-order chi connectivity index (χ0) is 31.8. The molecule has 0 saturated heterocycles. The number of rotatable bonds is 35.